The Balaban J connectivity index is 1.55. The van der Waals surface area contributed by atoms with E-state index >= 15 is 0 Å². The van der Waals surface area contributed by atoms with E-state index in [4.69, 9.17) is 16.3 Å². The van der Waals surface area contributed by atoms with Gasteiger partial charge in [-0.1, -0.05) is 17.7 Å². The molecule has 4 nitrogen and oxygen atoms in total. The van der Waals surface area contributed by atoms with Crippen molar-refractivity contribution in [2.45, 2.75) is 43.7 Å². The highest BCUT2D eigenvalue weighted by Crippen LogP contribution is 2.44. The lowest BCUT2D eigenvalue weighted by atomic mass is 10.0. The molecule has 0 spiro atoms. The fourth-order valence-corrected chi connectivity index (χ4v) is 3.46. The first-order valence-electron chi connectivity index (χ1n) is 8.07. The summed E-state index contributed by atoms with van der Waals surface area (Å²) in [6, 6.07) is 4.99. The van der Waals surface area contributed by atoms with Gasteiger partial charge in [-0.2, -0.15) is 0 Å². The van der Waals surface area contributed by atoms with Crippen molar-refractivity contribution >= 4 is 17.6 Å². The highest BCUT2D eigenvalue weighted by Gasteiger charge is 2.42. The van der Waals surface area contributed by atoms with Crippen LogP contribution in [0.25, 0.3) is 0 Å². The lowest BCUT2D eigenvalue weighted by Gasteiger charge is -2.24. The highest BCUT2D eigenvalue weighted by molar-refractivity contribution is 6.31. The van der Waals surface area contributed by atoms with Crippen molar-refractivity contribution in [3.05, 3.63) is 34.6 Å². The summed E-state index contributed by atoms with van der Waals surface area (Å²) < 4.78 is 19.7. The minimum absolute atomic E-state index is 0.0977. The zero-order valence-electron chi connectivity index (χ0n) is 13.5. The number of halogens is 2. The number of hydrogen-bond acceptors (Lipinski definition) is 2. The first-order chi connectivity index (χ1) is 11.0. The van der Waals surface area contributed by atoms with Crippen LogP contribution in [0, 0.1) is 5.82 Å². The molecule has 126 valence electrons. The van der Waals surface area contributed by atoms with E-state index in [1.165, 1.54) is 6.07 Å². The fraction of sp³-hybridized carbons (Fsp3) is 0.588. The number of nitrogens with zero attached hydrogens (tertiary/aromatic N) is 1. The number of aliphatic imine (C=N–C) groups is 1. The largest absolute Gasteiger partial charge is 0.373 e. The minimum Gasteiger partial charge on any atom is -0.373 e. The molecule has 3 rings (SSSR count). The number of nitrogens with one attached hydrogen (secondary N) is 2. The van der Waals surface area contributed by atoms with Gasteiger partial charge in [-0.25, -0.2) is 4.39 Å². The Kier molecular flexibility index (Phi) is 4.78. The van der Waals surface area contributed by atoms with Gasteiger partial charge in [0.2, 0.25) is 0 Å². The van der Waals surface area contributed by atoms with Crippen LogP contribution >= 0.6 is 11.6 Å². The number of ether oxygens (including phenoxy) is 1. The van der Waals surface area contributed by atoms with E-state index < -0.39 is 0 Å². The summed E-state index contributed by atoms with van der Waals surface area (Å²) in [6.45, 7) is 3.64. The third-order valence-corrected chi connectivity index (χ3v) is 4.97. The van der Waals surface area contributed by atoms with Crippen LogP contribution in [-0.2, 0) is 4.74 Å². The van der Waals surface area contributed by atoms with Gasteiger partial charge in [-0.05, 0) is 38.3 Å². The van der Waals surface area contributed by atoms with E-state index in [0.29, 0.717) is 17.1 Å². The molecule has 1 heterocycles. The SMILES string of the molecule is CN=C(NCC1(C)CCCO1)NC1CC1c1c(F)cccc1Cl. The van der Waals surface area contributed by atoms with Gasteiger partial charge in [0, 0.05) is 42.7 Å². The third kappa shape index (κ3) is 3.78. The molecular weight excluding hydrogens is 317 g/mol. The number of rotatable bonds is 4. The van der Waals surface area contributed by atoms with Crippen LogP contribution in [0.5, 0.6) is 0 Å². The summed E-state index contributed by atoms with van der Waals surface area (Å²) in [4.78, 5) is 4.25. The van der Waals surface area contributed by atoms with Gasteiger partial charge in [0.05, 0.1) is 5.60 Å². The van der Waals surface area contributed by atoms with E-state index in [1.807, 2.05) is 0 Å². The van der Waals surface area contributed by atoms with Crippen molar-refractivity contribution in [1.29, 1.82) is 0 Å². The molecule has 3 unspecified atom stereocenters. The van der Waals surface area contributed by atoms with Crippen LogP contribution in [0.4, 0.5) is 4.39 Å². The third-order valence-electron chi connectivity index (χ3n) is 4.64. The quantitative estimate of drug-likeness (QED) is 0.654. The number of benzene rings is 1. The van der Waals surface area contributed by atoms with E-state index in [0.717, 1.165) is 31.8 Å². The zero-order chi connectivity index (χ0) is 16.4. The van der Waals surface area contributed by atoms with Crippen LogP contribution in [0.1, 0.15) is 37.7 Å². The second-order valence-electron chi connectivity index (χ2n) is 6.56. The van der Waals surface area contributed by atoms with Gasteiger partial charge in [-0.3, -0.25) is 4.99 Å². The summed E-state index contributed by atoms with van der Waals surface area (Å²) in [7, 11) is 1.74. The van der Waals surface area contributed by atoms with Crippen LogP contribution in [0.3, 0.4) is 0 Å². The number of guanidine groups is 1. The molecule has 1 saturated carbocycles. The van der Waals surface area contributed by atoms with Crippen molar-refractivity contribution in [2.75, 3.05) is 20.2 Å². The maximum Gasteiger partial charge on any atom is 0.191 e. The summed E-state index contributed by atoms with van der Waals surface area (Å²) in [5.74, 6) is 0.587. The molecule has 1 aliphatic heterocycles. The van der Waals surface area contributed by atoms with Gasteiger partial charge in [0.15, 0.2) is 5.96 Å². The van der Waals surface area contributed by atoms with E-state index in [2.05, 4.69) is 22.5 Å². The van der Waals surface area contributed by atoms with Crippen LogP contribution in [0.2, 0.25) is 5.02 Å². The van der Waals surface area contributed by atoms with E-state index in [-0.39, 0.29) is 23.4 Å². The highest BCUT2D eigenvalue weighted by atomic mass is 35.5. The van der Waals surface area contributed by atoms with Crippen molar-refractivity contribution in [3.8, 4) is 0 Å². The molecule has 3 atom stereocenters. The molecule has 0 amide bonds. The fourth-order valence-electron chi connectivity index (χ4n) is 3.16. The second-order valence-corrected chi connectivity index (χ2v) is 6.96. The van der Waals surface area contributed by atoms with Gasteiger partial charge >= 0.3 is 0 Å². The topological polar surface area (TPSA) is 45.7 Å². The molecule has 1 aromatic rings. The predicted molar refractivity (Wildman–Crippen MR) is 90.6 cm³/mol. The molecule has 23 heavy (non-hydrogen) atoms. The second kappa shape index (κ2) is 6.65. The van der Waals surface area contributed by atoms with Crippen molar-refractivity contribution < 1.29 is 9.13 Å². The standard InChI is InChI=1S/C17H23ClFN3O/c1-17(7-4-8-23-17)10-21-16(20-2)22-14-9-11(14)15-12(18)5-3-6-13(15)19/h3,5-6,11,14H,4,7-10H2,1-2H3,(H2,20,21,22). The van der Waals surface area contributed by atoms with Crippen LogP contribution in [0.15, 0.2) is 23.2 Å². The maximum absolute atomic E-state index is 14.0. The average molecular weight is 340 g/mol. The van der Waals surface area contributed by atoms with Crippen molar-refractivity contribution in [2.24, 2.45) is 4.99 Å². The summed E-state index contributed by atoms with van der Waals surface area (Å²) in [5.41, 5.74) is 0.475. The molecule has 6 heteroatoms. The van der Waals surface area contributed by atoms with Crippen LogP contribution in [-0.4, -0.2) is 37.8 Å². The molecule has 1 saturated heterocycles. The average Bonchev–Trinajstić information content (AvgIpc) is 3.13. The van der Waals surface area contributed by atoms with Gasteiger partial charge in [0.25, 0.3) is 0 Å². The van der Waals surface area contributed by atoms with Gasteiger partial charge in [-0.15, -0.1) is 0 Å². The van der Waals surface area contributed by atoms with Crippen molar-refractivity contribution in [3.63, 3.8) is 0 Å². The zero-order valence-corrected chi connectivity index (χ0v) is 14.3. The Morgan fingerprint density at radius 3 is 3.00 bits per heavy atom. The smallest absolute Gasteiger partial charge is 0.191 e. The molecule has 1 aliphatic carbocycles. The summed E-state index contributed by atoms with van der Waals surface area (Å²) >= 11 is 6.14. The van der Waals surface area contributed by atoms with Crippen molar-refractivity contribution in [1.82, 2.24) is 10.6 Å². The molecule has 2 N–H and O–H groups in total. The Hall–Kier alpha value is -1.33. The monoisotopic (exact) mass is 339 g/mol. The number of hydrogen-bond donors (Lipinski definition) is 2. The molecule has 1 aromatic carbocycles. The predicted octanol–water partition coefficient (Wildman–Crippen LogP) is 3.07. The normalized spacial score (nSPS) is 30.3. The molecule has 2 aliphatic rings. The first kappa shape index (κ1) is 16.5. The maximum atomic E-state index is 14.0. The Morgan fingerprint density at radius 2 is 2.35 bits per heavy atom. The Morgan fingerprint density at radius 1 is 1.52 bits per heavy atom. The molecule has 2 fully saturated rings. The molecule has 0 bridgehead atoms. The molecule has 0 radical (unpaired) electrons. The van der Waals surface area contributed by atoms with Gasteiger partial charge < -0.3 is 15.4 Å². The first-order valence-corrected chi connectivity index (χ1v) is 8.45. The molecular formula is C17H23ClFN3O. The van der Waals surface area contributed by atoms with Crippen LogP contribution < -0.4 is 10.6 Å². The Labute approximate surface area is 141 Å². The minimum atomic E-state index is -0.235. The van der Waals surface area contributed by atoms with E-state index in [1.54, 1.807) is 19.2 Å². The summed E-state index contributed by atoms with van der Waals surface area (Å²) in [5, 5.41) is 7.15. The summed E-state index contributed by atoms with van der Waals surface area (Å²) in [6.07, 6.45) is 3.00. The van der Waals surface area contributed by atoms with E-state index in [9.17, 15) is 4.39 Å². The lowest BCUT2D eigenvalue weighted by Crippen LogP contribution is -2.46. The lowest BCUT2D eigenvalue weighted by molar-refractivity contribution is 0.0243. The molecule has 0 aromatic heterocycles. The van der Waals surface area contributed by atoms with Gasteiger partial charge in [0.1, 0.15) is 5.82 Å². The Bertz CT molecular complexity index is 581.